The van der Waals surface area contributed by atoms with Gasteiger partial charge in [0.15, 0.2) is 0 Å². The molecule has 0 unspecified atom stereocenters. The SMILES string of the molecule is Cc1ccc(C(=O)Oc2ccc(Br)cc2/C=C(\C#N)C(=O)Nc2c(Cl)cc([N+](=O)[O-])cc2Cl)cc1. The second-order valence-electron chi connectivity index (χ2n) is 7.10. The van der Waals surface area contributed by atoms with Crippen molar-refractivity contribution in [2.24, 2.45) is 0 Å². The Morgan fingerprint density at radius 2 is 1.74 bits per heavy atom. The third-order valence-electron chi connectivity index (χ3n) is 4.60. The molecule has 176 valence electrons. The first-order valence-corrected chi connectivity index (χ1v) is 11.3. The van der Waals surface area contributed by atoms with Crippen molar-refractivity contribution in [2.75, 3.05) is 5.32 Å². The summed E-state index contributed by atoms with van der Waals surface area (Å²) in [6.45, 7) is 1.89. The van der Waals surface area contributed by atoms with Crippen LogP contribution in [0.25, 0.3) is 6.08 Å². The summed E-state index contributed by atoms with van der Waals surface area (Å²) in [5, 5.41) is 22.6. The van der Waals surface area contributed by atoms with Crippen molar-refractivity contribution in [1.29, 1.82) is 5.26 Å². The van der Waals surface area contributed by atoms with E-state index in [1.165, 1.54) is 12.1 Å². The summed E-state index contributed by atoms with van der Waals surface area (Å²) in [7, 11) is 0. The number of nitriles is 1. The average Bonchev–Trinajstić information content (AvgIpc) is 2.81. The van der Waals surface area contributed by atoms with Crippen molar-refractivity contribution in [2.45, 2.75) is 6.92 Å². The number of carbonyl (C=O) groups is 2. The van der Waals surface area contributed by atoms with E-state index in [1.807, 2.05) is 6.92 Å². The number of nitrogens with one attached hydrogen (secondary N) is 1. The summed E-state index contributed by atoms with van der Waals surface area (Å²) in [6, 6.07) is 15.3. The molecule has 0 aliphatic rings. The molecule has 0 heterocycles. The number of anilines is 1. The lowest BCUT2D eigenvalue weighted by atomic mass is 10.1. The van der Waals surface area contributed by atoms with E-state index >= 15 is 0 Å². The van der Waals surface area contributed by atoms with Crippen molar-refractivity contribution >= 4 is 68.5 Å². The maximum Gasteiger partial charge on any atom is 0.343 e. The number of rotatable bonds is 6. The van der Waals surface area contributed by atoms with E-state index in [1.54, 1.807) is 42.5 Å². The highest BCUT2D eigenvalue weighted by Gasteiger charge is 2.19. The minimum absolute atomic E-state index is 0.0923. The monoisotopic (exact) mass is 573 g/mol. The van der Waals surface area contributed by atoms with E-state index in [0.29, 0.717) is 10.0 Å². The molecule has 1 amide bonds. The first-order valence-electron chi connectivity index (χ1n) is 9.74. The number of aryl methyl sites for hydroxylation is 1. The van der Waals surface area contributed by atoms with Crippen LogP contribution in [0.15, 0.2) is 64.6 Å². The van der Waals surface area contributed by atoms with E-state index < -0.39 is 16.8 Å². The van der Waals surface area contributed by atoms with Crippen LogP contribution in [0.5, 0.6) is 5.75 Å². The molecule has 3 aromatic carbocycles. The highest BCUT2D eigenvalue weighted by Crippen LogP contribution is 2.35. The van der Waals surface area contributed by atoms with Gasteiger partial charge in [-0.05, 0) is 43.3 Å². The van der Waals surface area contributed by atoms with Crippen LogP contribution in [-0.4, -0.2) is 16.8 Å². The summed E-state index contributed by atoms with van der Waals surface area (Å²) < 4.78 is 6.10. The van der Waals surface area contributed by atoms with Gasteiger partial charge in [-0.1, -0.05) is 56.8 Å². The summed E-state index contributed by atoms with van der Waals surface area (Å²) in [5.74, 6) is -1.37. The van der Waals surface area contributed by atoms with Crippen LogP contribution in [-0.2, 0) is 4.79 Å². The van der Waals surface area contributed by atoms with Crippen molar-refractivity contribution in [1.82, 2.24) is 0 Å². The molecular formula is C24H14BrCl2N3O5. The first kappa shape index (κ1) is 25.9. The van der Waals surface area contributed by atoms with Crippen LogP contribution in [0.4, 0.5) is 11.4 Å². The van der Waals surface area contributed by atoms with E-state index in [9.17, 15) is 25.0 Å². The Morgan fingerprint density at radius 1 is 1.11 bits per heavy atom. The third-order valence-corrected chi connectivity index (χ3v) is 5.69. The van der Waals surface area contributed by atoms with Gasteiger partial charge >= 0.3 is 5.97 Å². The van der Waals surface area contributed by atoms with Gasteiger partial charge in [0, 0.05) is 22.2 Å². The normalized spacial score (nSPS) is 10.9. The number of hydrogen-bond donors (Lipinski definition) is 1. The lowest BCUT2D eigenvalue weighted by Crippen LogP contribution is -2.14. The average molecular weight is 575 g/mol. The molecular weight excluding hydrogens is 561 g/mol. The Hall–Kier alpha value is -3.71. The highest BCUT2D eigenvalue weighted by atomic mass is 79.9. The zero-order valence-corrected chi connectivity index (χ0v) is 20.9. The molecule has 3 rings (SSSR count). The summed E-state index contributed by atoms with van der Waals surface area (Å²) in [5.41, 5.74) is 0.767. The van der Waals surface area contributed by atoms with Crippen molar-refractivity contribution < 1.29 is 19.2 Å². The largest absolute Gasteiger partial charge is 0.422 e. The van der Waals surface area contributed by atoms with Gasteiger partial charge in [-0.15, -0.1) is 0 Å². The smallest absolute Gasteiger partial charge is 0.343 e. The number of nitro groups is 1. The number of hydrogen-bond acceptors (Lipinski definition) is 6. The molecule has 0 bridgehead atoms. The lowest BCUT2D eigenvalue weighted by Gasteiger charge is -2.11. The number of benzene rings is 3. The predicted octanol–water partition coefficient (Wildman–Crippen LogP) is 6.74. The van der Waals surface area contributed by atoms with Gasteiger partial charge in [-0.2, -0.15) is 5.26 Å². The predicted molar refractivity (Wildman–Crippen MR) is 136 cm³/mol. The molecule has 11 heteroatoms. The molecule has 0 saturated carbocycles. The van der Waals surface area contributed by atoms with Gasteiger partial charge in [-0.25, -0.2) is 4.79 Å². The van der Waals surface area contributed by atoms with Crippen molar-refractivity contribution in [3.05, 3.63) is 101 Å². The van der Waals surface area contributed by atoms with Gasteiger partial charge in [0.1, 0.15) is 17.4 Å². The summed E-state index contributed by atoms with van der Waals surface area (Å²) in [6.07, 6.45) is 1.23. The van der Waals surface area contributed by atoms with E-state index in [-0.39, 0.29) is 38.3 Å². The van der Waals surface area contributed by atoms with E-state index in [0.717, 1.165) is 17.7 Å². The van der Waals surface area contributed by atoms with Crippen molar-refractivity contribution in [3.8, 4) is 11.8 Å². The summed E-state index contributed by atoms with van der Waals surface area (Å²) in [4.78, 5) is 35.6. The second-order valence-corrected chi connectivity index (χ2v) is 8.83. The third kappa shape index (κ3) is 6.45. The molecule has 0 radical (unpaired) electrons. The molecule has 0 atom stereocenters. The maximum absolute atomic E-state index is 12.8. The molecule has 0 aromatic heterocycles. The van der Waals surface area contributed by atoms with Crippen LogP contribution in [0, 0.1) is 28.4 Å². The molecule has 1 N–H and O–H groups in total. The zero-order valence-electron chi connectivity index (χ0n) is 17.8. The van der Waals surface area contributed by atoms with Gasteiger partial charge < -0.3 is 10.1 Å². The number of amides is 1. The molecule has 0 aliphatic carbocycles. The quantitative estimate of drug-likeness (QED) is 0.0868. The first-order chi connectivity index (χ1) is 16.6. The number of nitrogens with zero attached hydrogens (tertiary/aromatic N) is 2. The van der Waals surface area contributed by atoms with Gasteiger partial charge in [0.25, 0.3) is 11.6 Å². The van der Waals surface area contributed by atoms with Crippen LogP contribution >= 0.6 is 39.1 Å². The molecule has 35 heavy (non-hydrogen) atoms. The molecule has 0 fully saturated rings. The Kier molecular flexibility index (Phi) is 8.25. The zero-order chi connectivity index (χ0) is 25.7. The van der Waals surface area contributed by atoms with Crippen molar-refractivity contribution in [3.63, 3.8) is 0 Å². The fraction of sp³-hybridized carbons (Fsp3) is 0.0417. The Balaban J connectivity index is 1.91. The number of esters is 1. The fourth-order valence-corrected chi connectivity index (χ4v) is 3.79. The molecule has 0 saturated heterocycles. The lowest BCUT2D eigenvalue weighted by molar-refractivity contribution is -0.384. The minimum atomic E-state index is -0.874. The molecule has 8 nitrogen and oxygen atoms in total. The number of non-ortho nitro benzene ring substituents is 1. The molecule has 0 spiro atoms. The van der Waals surface area contributed by atoms with Crippen LogP contribution in [0.2, 0.25) is 10.0 Å². The fourth-order valence-electron chi connectivity index (χ4n) is 2.84. The van der Waals surface area contributed by atoms with Crippen LogP contribution < -0.4 is 10.1 Å². The van der Waals surface area contributed by atoms with Gasteiger partial charge in [-0.3, -0.25) is 14.9 Å². The number of carbonyl (C=O) groups excluding carboxylic acids is 2. The highest BCUT2D eigenvalue weighted by molar-refractivity contribution is 9.10. The van der Waals surface area contributed by atoms with E-state index in [2.05, 4.69) is 21.2 Å². The Bertz CT molecular complexity index is 1390. The van der Waals surface area contributed by atoms with Crippen LogP contribution in [0.3, 0.4) is 0 Å². The maximum atomic E-state index is 12.8. The Morgan fingerprint density at radius 3 is 2.31 bits per heavy atom. The van der Waals surface area contributed by atoms with Gasteiger partial charge in [0.2, 0.25) is 0 Å². The standard InChI is InChI=1S/C24H14BrCl2N3O5/c1-13-2-4-14(5-3-13)24(32)35-21-7-6-17(25)9-15(21)8-16(12-28)23(31)29-22-19(26)10-18(30(33)34)11-20(22)27/h2-11H,1H3,(H,29,31)/b16-8+. The van der Waals surface area contributed by atoms with E-state index in [4.69, 9.17) is 27.9 Å². The minimum Gasteiger partial charge on any atom is -0.422 e. The number of ether oxygens (including phenoxy) is 1. The van der Waals surface area contributed by atoms with Gasteiger partial charge in [0.05, 0.1) is 26.2 Å². The Labute approximate surface area is 218 Å². The molecule has 0 aliphatic heterocycles. The topological polar surface area (TPSA) is 122 Å². The summed E-state index contributed by atoms with van der Waals surface area (Å²) >= 11 is 15.4. The number of halogens is 3. The van der Waals surface area contributed by atoms with Crippen LogP contribution in [0.1, 0.15) is 21.5 Å². The second kappa shape index (κ2) is 11.1. The molecule has 3 aromatic rings. The number of nitro benzene ring substituents is 1.